The highest BCUT2D eigenvalue weighted by molar-refractivity contribution is 6.16. The highest BCUT2D eigenvalue weighted by atomic mass is 16.3. The molecule has 3 heteroatoms. The van der Waals surface area contributed by atoms with Crippen LogP contribution < -0.4 is 0 Å². The Morgan fingerprint density at radius 2 is 0.671 bits per heavy atom. The molecule has 326 valence electrons. The third-order valence-corrected chi connectivity index (χ3v) is 14.9. The molecular formula is C67H41NO2. The summed E-state index contributed by atoms with van der Waals surface area (Å²) in [5, 5.41) is 6.77. The van der Waals surface area contributed by atoms with Gasteiger partial charge in [-0.1, -0.05) is 158 Å². The van der Waals surface area contributed by atoms with Gasteiger partial charge in [0.25, 0.3) is 0 Å². The van der Waals surface area contributed by atoms with Gasteiger partial charge in [0.2, 0.25) is 0 Å². The molecule has 11 aromatic carbocycles. The Balaban J connectivity index is 0.798. The predicted octanol–water partition coefficient (Wildman–Crippen LogP) is 18.4. The first-order chi connectivity index (χ1) is 34.7. The molecule has 70 heavy (non-hydrogen) atoms. The molecular weight excluding hydrogens is 851 g/mol. The molecule has 0 saturated carbocycles. The second-order valence-corrected chi connectivity index (χ2v) is 18.8. The van der Waals surface area contributed by atoms with Gasteiger partial charge in [-0.2, -0.15) is 0 Å². The number of hydrogen-bond acceptors (Lipinski definition) is 2. The molecule has 1 aliphatic rings. The molecule has 15 rings (SSSR count). The summed E-state index contributed by atoms with van der Waals surface area (Å²) >= 11 is 0. The largest absolute Gasteiger partial charge is 0.456 e. The molecule has 3 nitrogen and oxygen atoms in total. The van der Waals surface area contributed by atoms with Crippen LogP contribution in [0.5, 0.6) is 0 Å². The molecule has 0 saturated heterocycles. The number of furan rings is 2. The Morgan fingerprint density at radius 1 is 0.271 bits per heavy atom. The van der Waals surface area contributed by atoms with Crippen LogP contribution in [0.4, 0.5) is 0 Å². The van der Waals surface area contributed by atoms with E-state index in [0.29, 0.717) is 0 Å². The van der Waals surface area contributed by atoms with E-state index in [9.17, 15) is 0 Å². The number of rotatable bonds is 6. The van der Waals surface area contributed by atoms with E-state index < -0.39 is 0 Å². The van der Waals surface area contributed by atoms with E-state index in [0.717, 1.165) is 66.3 Å². The van der Waals surface area contributed by atoms with Crippen LogP contribution in [0.15, 0.2) is 251 Å². The summed E-state index contributed by atoms with van der Waals surface area (Å²) in [6.07, 6.45) is 0. The van der Waals surface area contributed by atoms with E-state index in [2.05, 4.69) is 247 Å². The van der Waals surface area contributed by atoms with E-state index >= 15 is 0 Å². The van der Waals surface area contributed by atoms with Crippen LogP contribution in [0.2, 0.25) is 0 Å². The van der Waals surface area contributed by atoms with Gasteiger partial charge in [0.05, 0.1) is 11.0 Å². The van der Waals surface area contributed by atoms with Crippen LogP contribution in [0.3, 0.4) is 0 Å². The fraction of sp³-hybridized carbons (Fsp3) is 0.0149. The van der Waals surface area contributed by atoms with Crippen LogP contribution in [0.1, 0.15) is 22.6 Å². The third-order valence-electron chi connectivity index (χ3n) is 14.9. The lowest BCUT2D eigenvalue weighted by atomic mass is 9.88. The van der Waals surface area contributed by atoms with E-state index in [1.54, 1.807) is 0 Å². The summed E-state index contributed by atoms with van der Waals surface area (Å²) in [7, 11) is 0. The van der Waals surface area contributed by atoms with Crippen LogP contribution in [-0.4, -0.2) is 4.57 Å². The molecule has 0 radical (unpaired) electrons. The predicted molar refractivity (Wildman–Crippen MR) is 290 cm³/mol. The number of para-hydroxylation sites is 1. The highest BCUT2D eigenvalue weighted by Crippen LogP contribution is 2.51. The van der Waals surface area contributed by atoms with Crippen molar-refractivity contribution in [1.29, 1.82) is 0 Å². The van der Waals surface area contributed by atoms with Gasteiger partial charge < -0.3 is 13.4 Å². The van der Waals surface area contributed by atoms with Gasteiger partial charge in [-0.15, -0.1) is 0 Å². The zero-order chi connectivity index (χ0) is 45.9. The molecule has 14 aromatic rings. The van der Waals surface area contributed by atoms with Crippen molar-refractivity contribution in [3.05, 3.63) is 259 Å². The van der Waals surface area contributed by atoms with Crippen LogP contribution in [0.25, 0.3) is 127 Å². The van der Waals surface area contributed by atoms with Crippen molar-refractivity contribution in [2.45, 2.75) is 5.92 Å². The lowest BCUT2D eigenvalue weighted by Gasteiger charge is -2.15. The molecule has 0 spiro atoms. The average Bonchev–Trinajstić information content (AvgIpc) is 4.17. The number of benzene rings is 11. The SMILES string of the molecule is c1ccc(-c2ccc3c(c2)-c2cc(-c4ccc5c(c4)oc4cc6oc7cc(-c8ccc9c(c8)c8cc(-c%10ccccc%10)ccc8n9-c8ccccc8)ccc7c6cc45)ccc2C3c2ccccc2)cc1. The molecule has 0 amide bonds. The van der Waals surface area contributed by atoms with Gasteiger partial charge in [0.15, 0.2) is 0 Å². The summed E-state index contributed by atoms with van der Waals surface area (Å²) in [6.45, 7) is 0. The van der Waals surface area contributed by atoms with Crippen molar-refractivity contribution in [3.8, 4) is 61.3 Å². The summed E-state index contributed by atoms with van der Waals surface area (Å²) in [6, 6.07) is 88.1. The minimum absolute atomic E-state index is 0.182. The third kappa shape index (κ3) is 6.01. The van der Waals surface area contributed by atoms with E-state index in [1.165, 1.54) is 77.4 Å². The van der Waals surface area contributed by atoms with Gasteiger partial charge in [-0.05, 0) is 151 Å². The first kappa shape index (κ1) is 38.9. The summed E-state index contributed by atoms with van der Waals surface area (Å²) in [4.78, 5) is 0. The number of fused-ring (bicyclic) bond motifs is 12. The topological polar surface area (TPSA) is 31.2 Å². The van der Waals surface area contributed by atoms with Gasteiger partial charge in [0, 0.05) is 50.0 Å². The average molecular weight is 892 g/mol. The maximum Gasteiger partial charge on any atom is 0.139 e. The van der Waals surface area contributed by atoms with Crippen molar-refractivity contribution in [2.75, 3.05) is 0 Å². The molecule has 0 N–H and O–H groups in total. The van der Waals surface area contributed by atoms with Crippen molar-refractivity contribution in [3.63, 3.8) is 0 Å². The summed E-state index contributed by atoms with van der Waals surface area (Å²) < 4.78 is 15.7. The fourth-order valence-corrected chi connectivity index (χ4v) is 11.5. The monoisotopic (exact) mass is 891 g/mol. The summed E-state index contributed by atoms with van der Waals surface area (Å²) in [5.41, 5.74) is 22.8. The molecule has 1 aliphatic carbocycles. The Bertz CT molecular complexity index is 4390. The van der Waals surface area contributed by atoms with Crippen molar-refractivity contribution >= 4 is 65.7 Å². The Labute approximate surface area is 403 Å². The normalized spacial score (nSPS) is 13.3. The molecule has 0 bridgehead atoms. The highest BCUT2D eigenvalue weighted by Gasteiger charge is 2.31. The minimum atomic E-state index is 0.182. The van der Waals surface area contributed by atoms with Gasteiger partial charge in [-0.3, -0.25) is 0 Å². The van der Waals surface area contributed by atoms with Crippen LogP contribution >= 0.6 is 0 Å². The standard InChI is InChI=1S/C67H41NO2/c1-5-13-41(14-6-1)44-23-29-53-55(33-44)56-34-46(24-30-54(56)67(53)43-17-9-3-10-18-43)48-21-27-51-59-39-60-52-28-22-49(38-64(52)70-66(60)40-65(59)69-63(51)37-48)47-26-32-62-58(36-47)57-35-45(42-15-7-2-8-16-42)25-31-61(57)68(62)50-19-11-4-12-20-50/h1-40,67H. The second kappa shape index (κ2) is 15.2. The molecule has 0 aliphatic heterocycles. The molecule has 3 aromatic heterocycles. The maximum absolute atomic E-state index is 6.68. The van der Waals surface area contributed by atoms with Crippen molar-refractivity contribution < 1.29 is 8.83 Å². The van der Waals surface area contributed by atoms with E-state index in [-0.39, 0.29) is 5.92 Å². The molecule has 1 unspecified atom stereocenters. The first-order valence-electron chi connectivity index (χ1n) is 24.1. The van der Waals surface area contributed by atoms with Crippen LogP contribution in [0, 0.1) is 0 Å². The molecule has 0 fully saturated rings. The van der Waals surface area contributed by atoms with Gasteiger partial charge in [0.1, 0.15) is 22.3 Å². The smallest absolute Gasteiger partial charge is 0.139 e. The fourth-order valence-electron chi connectivity index (χ4n) is 11.5. The van der Waals surface area contributed by atoms with Crippen LogP contribution in [-0.2, 0) is 0 Å². The molecule has 3 heterocycles. The van der Waals surface area contributed by atoms with Gasteiger partial charge in [-0.25, -0.2) is 0 Å². The Kier molecular flexibility index (Phi) is 8.42. The lowest BCUT2D eigenvalue weighted by Crippen LogP contribution is -1.98. The number of hydrogen-bond donors (Lipinski definition) is 0. The Morgan fingerprint density at radius 3 is 1.20 bits per heavy atom. The van der Waals surface area contributed by atoms with Gasteiger partial charge >= 0.3 is 0 Å². The lowest BCUT2D eigenvalue weighted by molar-refractivity contribution is 0.656. The number of aromatic nitrogens is 1. The maximum atomic E-state index is 6.68. The van der Waals surface area contributed by atoms with Crippen molar-refractivity contribution in [1.82, 2.24) is 4.57 Å². The zero-order valence-electron chi connectivity index (χ0n) is 37.9. The van der Waals surface area contributed by atoms with E-state index in [1.807, 2.05) is 0 Å². The zero-order valence-corrected chi connectivity index (χ0v) is 37.9. The second-order valence-electron chi connectivity index (χ2n) is 18.8. The first-order valence-corrected chi connectivity index (χ1v) is 24.1. The molecule has 1 atom stereocenters. The quantitative estimate of drug-likeness (QED) is 0.167. The van der Waals surface area contributed by atoms with Crippen molar-refractivity contribution in [2.24, 2.45) is 0 Å². The number of nitrogens with zero attached hydrogens (tertiary/aromatic N) is 1. The Hall–Kier alpha value is -9.18. The summed E-state index contributed by atoms with van der Waals surface area (Å²) in [5.74, 6) is 0.182. The van der Waals surface area contributed by atoms with E-state index in [4.69, 9.17) is 8.83 Å². The minimum Gasteiger partial charge on any atom is -0.456 e.